The van der Waals surface area contributed by atoms with E-state index in [9.17, 15) is 9.46 Å². The number of unbranched alkanes of at least 4 members (excludes halogenated alkanes) is 5. The molecule has 0 aromatic carbocycles. The van der Waals surface area contributed by atoms with Crippen LogP contribution in [0.4, 0.5) is 0 Å². The third-order valence-electron chi connectivity index (χ3n) is 7.19. The Hall–Kier alpha value is 0.540. The molecule has 214 valence electrons. The van der Waals surface area contributed by atoms with Crippen molar-refractivity contribution in [1.82, 2.24) is 0 Å². The van der Waals surface area contributed by atoms with Crippen LogP contribution in [-0.2, 0) is 13.6 Å². The monoisotopic (exact) mass is 539 g/mol. The molecule has 0 aliphatic carbocycles. The van der Waals surface area contributed by atoms with Crippen LogP contribution in [0, 0.1) is 11.8 Å². The van der Waals surface area contributed by atoms with Crippen LogP contribution < -0.4 is 0 Å². The first kappa shape index (κ1) is 37.7. The maximum atomic E-state index is 11.9. The summed E-state index contributed by atoms with van der Waals surface area (Å²) in [6, 6.07) is 0. The summed E-state index contributed by atoms with van der Waals surface area (Å²) in [5, 5.41) is 0. The Labute approximate surface area is 222 Å². The van der Waals surface area contributed by atoms with E-state index in [4.69, 9.17) is 9.05 Å². The Morgan fingerprint density at radius 1 is 0.629 bits per heavy atom. The van der Waals surface area contributed by atoms with Crippen LogP contribution in [0.2, 0.25) is 0 Å². The molecule has 0 saturated carbocycles. The molecule has 6 heteroatoms. The smallest absolute Gasteiger partial charge is 0.302 e. The molecule has 35 heavy (non-hydrogen) atoms. The molecule has 0 aromatic rings. The number of hydrogen-bond donors (Lipinski definition) is 1. The van der Waals surface area contributed by atoms with Crippen molar-refractivity contribution in [2.45, 2.75) is 138 Å². The summed E-state index contributed by atoms with van der Waals surface area (Å²) in [5.41, 5.74) is 0. The van der Waals surface area contributed by atoms with Crippen molar-refractivity contribution in [1.29, 1.82) is 0 Å². The van der Waals surface area contributed by atoms with E-state index in [0.29, 0.717) is 25.0 Å². The molecule has 0 spiro atoms. The van der Waals surface area contributed by atoms with Crippen molar-refractivity contribution in [3.05, 3.63) is 0 Å². The van der Waals surface area contributed by atoms with Crippen LogP contribution in [0.15, 0.2) is 0 Å². The molecule has 2 atom stereocenters. The molecule has 2 unspecified atom stereocenters. The summed E-state index contributed by atoms with van der Waals surface area (Å²) >= 11 is 0. The maximum Gasteiger partial charge on any atom is 0.472 e. The first-order valence-electron chi connectivity index (χ1n) is 15.1. The Morgan fingerprint density at radius 2 is 0.943 bits per heavy atom. The Kier molecular flexibility index (Phi) is 26.8. The van der Waals surface area contributed by atoms with E-state index >= 15 is 0 Å². The zero-order valence-electron chi connectivity index (χ0n) is 25.2. The number of phosphoric ester groups is 1. The summed E-state index contributed by atoms with van der Waals surface area (Å²) in [5.74, 6) is 0.687. The fraction of sp³-hybridized carbons (Fsp3) is 1.00. The van der Waals surface area contributed by atoms with Crippen LogP contribution in [0.5, 0.6) is 0 Å². The van der Waals surface area contributed by atoms with Crippen molar-refractivity contribution < 1.29 is 18.5 Å². The minimum Gasteiger partial charge on any atom is -0.302 e. The van der Waals surface area contributed by atoms with E-state index in [1.807, 2.05) is 0 Å². The Morgan fingerprint density at radius 3 is 1.20 bits per heavy atom. The topological polar surface area (TPSA) is 55.8 Å². The van der Waals surface area contributed by atoms with E-state index in [-0.39, 0.29) is 0 Å². The zero-order chi connectivity index (χ0) is 27.0. The molecule has 0 radical (unpaired) electrons. The third-order valence-corrected chi connectivity index (χ3v) is 12.3. The lowest BCUT2D eigenvalue weighted by atomic mass is 10.0. The van der Waals surface area contributed by atoms with Crippen molar-refractivity contribution in [3.8, 4) is 0 Å². The zero-order valence-corrected chi connectivity index (χ0v) is 26.9. The second-order valence-electron chi connectivity index (χ2n) is 10.7. The SMILES string of the molecule is CCCCC(CC)COP(=O)(O)OCC(CC)CCCC.CCCC[P+](C)(CCCC)CCCC. The van der Waals surface area contributed by atoms with Crippen molar-refractivity contribution in [3.63, 3.8) is 0 Å². The van der Waals surface area contributed by atoms with Gasteiger partial charge in [-0.2, -0.15) is 0 Å². The van der Waals surface area contributed by atoms with Gasteiger partial charge in [-0.25, -0.2) is 4.57 Å². The third kappa shape index (κ3) is 23.4. The van der Waals surface area contributed by atoms with Gasteiger partial charge in [0.25, 0.3) is 0 Å². The van der Waals surface area contributed by atoms with E-state index in [2.05, 4.69) is 55.1 Å². The fourth-order valence-electron chi connectivity index (χ4n) is 4.19. The van der Waals surface area contributed by atoms with Gasteiger partial charge >= 0.3 is 7.82 Å². The highest BCUT2D eigenvalue weighted by atomic mass is 31.2. The standard InChI is InChI=1S/C16H35O4P.C13H30P/c1-5-9-11-15(7-3)13-19-21(17,18)20-14-16(8-4)12-10-6-2;1-5-8-11-14(4,12-9-6-2)13-10-7-3/h15-16H,5-14H2,1-4H3,(H,17,18);5-13H2,1-4H3/q;+1. The highest BCUT2D eigenvalue weighted by Gasteiger charge is 2.28. The molecule has 4 nitrogen and oxygen atoms in total. The molecule has 0 heterocycles. The van der Waals surface area contributed by atoms with Crippen LogP contribution in [0.1, 0.15) is 138 Å². The average molecular weight is 540 g/mol. The van der Waals surface area contributed by atoms with Crippen LogP contribution in [0.25, 0.3) is 0 Å². The van der Waals surface area contributed by atoms with Gasteiger partial charge in [0.15, 0.2) is 0 Å². The highest BCUT2D eigenvalue weighted by Crippen LogP contribution is 2.57. The Bertz CT molecular complexity index is 442. The molecule has 1 N–H and O–H groups in total. The summed E-state index contributed by atoms with van der Waals surface area (Å²) < 4.78 is 22.2. The number of rotatable bonds is 23. The van der Waals surface area contributed by atoms with Crippen LogP contribution in [0.3, 0.4) is 0 Å². The predicted molar refractivity (Wildman–Crippen MR) is 161 cm³/mol. The minimum absolute atomic E-state index is 0.316. The van der Waals surface area contributed by atoms with Gasteiger partial charge in [-0.1, -0.05) is 106 Å². The largest absolute Gasteiger partial charge is 0.472 e. The normalized spacial score (nSPS) is 15.2. The number of phosphoric acid groups is 1. The van der Waals surface area contributed by atoms with Gasteiger partial charge in [0.1, 0.15) is 0 Å². The van der Waals surface area contributed by atoms with Crippen molar-refractivity contribution >= 4 is 15.1 Å². The second-order valence-corrected chi connectivity index (χ2v) is 16.8. The van der Waals surface area contributed by atoms with Gasteiger partial charge in [0, 0.05) is 13.9 Å². The first-order valence-corrected chi connectivity index (χ1v) is 19.4. The lowest BCUT2D eigenvalue weighted by Crippen LogP contribution is -2.12. The van der Waals surface area contributed by atoms with Gasteiger partial charge in [-0.05, 0) is 43.9 Å². The van der Waals surface area contributed by atoms with E-state index in [0.717, 1.165) is 51.4 Å². The molecule has 0 aliphatic rings. The molecule has 0 fully saturated rings. The lowest BCUT2D eigenvalue weighted by molar-refractivity contribution is 0.110. The van der Waals surface area contributed by atoms with Crippen LogP contribution in [-0.4, -0.2) is 43.3 Å². The predicted octanol–water partition coefficient (Wildman–Crippen LogP) is 10.6. The van der Waals surface area contributed by atoms with Crippen LogP contribution >= 0.6 is 15.1 Å². The average Bonchev–Trinajstić information content (AvgIpc) is 2.86. The molecule has 0 aromatic heterocycles. The summed E-state index contributed by atoms with van der Waals surface area (Å²) in [6.07, 6.45) is 21.8. The van der Waals surface area contributed by atoms with Crippen molar-refractivity contribution in [2.24, 2.45) is 11.8 Å². The van der Waals surface area contributed by atoms with E-state index in [1.165, 1.54) is 38.5 Å². The maximum absolute atomic E-state index is 11.9. The number of hydrogen-bond acceptors (Lipinski definition) is 3. The first-order chi connectivity index (χ1) is 16.7. The Balaban J connectivity index is 0. The molecular weight excluding hydrogens is 474 g/mol. The summed E-state index contributed by atoms with van der Waals surface area (Å²) in [6.45, 7) is 18.7. The fourth-order valence-corrected chi connectivity index (χ4v) is 8.97. The van der Waals surface area contributed by atoms with Gasteiger partial charge in [0.2, 0.25) is 0 Å². The lowest BCUT2D eigenvalue weighted by Gasteiger charge is -2.22. The molecule has 0 bridgehead atoms. The van der Waals surface area contributed by atoms with Gasteiger partial charge < -0.3 is 4.89 Å². The highest BCUT2D eigenvalue weighted by molar-refractivity contribution is 7.75. The molecule has 0 amide bonds. The van der Waals surface area contributed by atoms with Gasteiger partial charge in [-0.15, -0.1) is 0 Å². The van der Waals surface area contributed by atoms with Crippen molar-refractivity contribution in [2.75, 3.05) is 38.4 Å². The second kappa shape index (κ2) is 24.9. The van der Waals surface area contributed by atoms with E-state index in [1.54, 1.807) is 18.5 Å². The van der Waals surface area contributed by atoms with Gasteiger partial charge in [0.05, 0.1) is 31.7 Å². The quantitative estimate of drug-likeness (QED) is 0.131. The molecule has 0 rings (SSSR count). The summed E-state index contributed by atoms with van der Waals surface area (Å²) in [4.78, 5) is 9.77. The van der Waals surface area contributed by atoms with Gasteiger partial charge in [-0.3, -0.25) is 9.05 Å². The molecule has 0 saturated heterocycles. The van der Waals surface area contributed by atoms with E-state index < -0.39 is 15.1 Å². The molecular formula is C29H65O4P2+. The minimum atomic E-state index is -3.89. The summed E-state index contributed by atoms with van der Waals surface area (Å²) in [7, 11) is -4.41. The molecule has 0 aliphatic heterocycles.